The van der Waals surface area contributed by atoms with Crippen LogP contribution >= 0.6 is 0 Å². The van der Waals surface area contributed by atoms with Crippen molar-refractivity contribution in [2.75, 3.05) is 7.11 Å². The molecule has 1 heterocycles. The number of aliphatic imine (C=N–C) groups is 1. The van der Waals surface area contributed by atoms with Crippen molar-refractivity contribution in [2.24, 2.45) is 4.99 Å². The number of benzene rings is 2. The smallest absolute Gasteiger partial charge is 0.363 e. The van der Waals surface area contributed by atoms with E-state index >= 15 is 0 Å². The third kappa shape index (κ3) is 3.46. The van der Waals surface area contributed by atoms with Gasteiger partial charge < -0.3 is 9.47 Å². The van der Waals surface area contributed by atoms with Gasteiger partial charge in [-0.2, -0.15) is 0 Å². The van der Waals surface area contributed by atoms with Gasteiger partial charge in [0.15, 0.2) is 11.4 Å². The maximum Gasteiger partial charge on any atom is 0.363 e. The fourth-order valence-electron chi connectivity index (χ4n) is 2.51. The number of nitrogens with zero attached hydrogens (tertiary/aromatic N) is 2. The summed E-state index contributed by atoms with van der Waals surface area (Å²) in [5.74, 6) is -0.453. The molecule has 0 aliphatic carbocycles. The number of cyclic esters (lactones) is 1. The number of ether oxygens (including phenoxy) is 2. The number of carbonyl (C=O) groups excluding carboxylic acids is 1. The Kier molecular flexibility index (Phi) is 4.79. The third-order valence-electron chi connectivity index (χ3n) is 3.93. The predicted octanol–water partition coefficient (Wildman–Crippen LogP) is 3.51. The van der Waals surface area contributed by atoms with Crippen molar-refractivity contribution in [1.82, 2.24) is 0 Å². The van der Waals surface area contributed by atoms with Crippen LogP contribution in [0.3, 0.4) is 0 Å². The molecule has 0 radical (unpaired) electrons. The van der Waals surface area contributed by atoms with E-state index in [1.165, 1.54) is 24.8 Å². The van der Waals surface area contributed by atoms with Crippen molar-refractivity contribution < 1.29 is 19.2 Å². The van der Waals surface area contributed by atoms with E-state index in [4.69, 9.17) is 9.47 Å². The molecule has 1 aliphatic rings. The zero-order valence-corrected chi connectivity index (χ0v) is 14.3. The van der Waals surface area contributed by atoms with Crippen molar-refractivity contribution >= 4 is 23.6 Å². The highest BCUT2D eigenvalue weighted by Gasteiger charge is 2.26. The predicted molar refractivity (Wildman–Crippen MR) is 96.1 cm³/mol. The second-order valence-corrected chi connectivity index (χ2v) is 5.57. The number of aryl methyl sites for hydroxylation is 1. The Morgan fingerprint density at radius 1 is 1.23 bits per heavy atom. The lowest BCUT2D eigenvalue weighted by Crippen LogP contribution is -2.06. The van der Waals surface area contributed by atoms with Crippen LogP contribution < -0.4 is 4.74 Å². The summed E-state index contributed by atoms with van der Waals surface area (Å²) in [6, 6.07) is 12.0. The average molecular weight is 352 g/mol. The number of hydrogen-bond donors (Lipinski definition) is 0. The minimum absolute atomic E-state index is 0.0252. The molecule has 0 saturated heterocycles. The Morgan fingerprint density at radius 3 is 2.58 bits per heavy atom. The molecule has 7 nitrogen and oxygen atoms in total. The van der Waals surface area contributed by atoms with Crippen LogP contribution in [0.4, 0.5) is 5.69 Å². The average Bonchev–Trinajstić information content (AvgIpc) is 3.02. The van der Waals surface area contributed by atoms with E-state index in [0.717, 1.165) is 12.0 Å². The minimum atomic E-state index is -0.599. The molecule has 0 saturated carbocycles. The number of carbonyl (C=O) groups is 1. The van der Waals surface area contributed by atoms with Crippen LogP contribution in [0.5, 0.6) is 5.75 Å². The molecule has 7 heteroatoms. The molecule has 132 valence electrons. The summed E-state index contributed by atoms with van der Waals surface area (Å²) >= 11 is 0. The molecule has 0 fully saturated rings. The van der Waals surface area contributed by atoms with Crippen LogP contribution in [0, 0.1) is 10.1 Å². The van der Waals surface area contributed by atoms with Crippen LogP contribution in [0.15, 0.2) is 53.2 Å². The first kappa shape index (κ1) is 17.3. The summed E-state index contributed by atoms with van der Waals surface area (Å²) in [6.45, 7) is 2.06. The number of nitro groups is 1. The van der Waals surface area contributed by atoms with E-state index in [0.29, 0.717) is 5.56 Å². The van der Waals surface area contributed by atoms with Gasteiger partial charge in [-0.15, -0.1) is 0 Å². The zero-order valence-electron chi connectivity index (χ0n) is 14.3. The van der Waals surface area contributed by atoms with Crippen LogP contribution in [-0.4, -0.2) is 23.9 Å². The summed E-state index contributed by atoms with van der Waals surface area (Å²) in [5, 5.41) is 11.1. The topological polar surface area (TPSA) is 91.0 Å². The SMILES string of the molecule is CCc1ccc(/C=C2\N=C(c3ccc(OC)c([N+](=O)[O-])c3)OC2=O)cc1. The number of nitro benzene ring substituents is 1. The van der Waals surface area contributed by atoms with Gasteiger partial charge in [0.05, 0.1) is 12.0 Å². The molecule has 3 rings (SSSR count). The maximum atomic E-state index is 12.1. The first-order valence-corrected chi connectivity index (χ1v) is 7.96. The fraction of sp³-hybridized carbons (Fsp3) is 0.158. The van der Waals surface area contributed by atoms with Crippen LogP contribution in [0.1, 0.15) is 23.6 Å². The largest absolute Gasteiger partial charge is 0.490 e. The Balaban J connectivity index is 1.93. The number of esters is 1. The molecule has 0 spiro atoms. The highest BCUT2D eigenvalue weighted by atomic mass is 16.6. The van der Waals surface area contributed by atoms with Crippen molar-refractivity contribution in [3.63, 3.8) is 0 Å². The van der Waals surface area contributed by atoms with Crippen molar-refractivity contribution in [2.45, 2.75) is 13.3 Å². The van der Waals surface area contributed by atoms with Gasteiger partial charge in [-0.25, -0.2) is 9.79 Å². The van der Waals surface area contributed by atoms with Gasteiger partial charge in [-0.1, -0.05) is 31.2 Å². The van der Waals surface area contributed by atoms with Crippen LogP contribution in [0.2, 0.25) is 0 Å². The summed E-state index contributed by atoms with van der Waals surface area (Å²) in [5.41, 5.74) is 2.25. The van der Waals surface area contributed by atoms with Gasteiger partial charge in [0.1, 0.15) is 0 Å². The Bertz CT molecular complexity index is 929. The molecule has 0 aromatic heterocycles. The van der Waals surface area contributed by atoms with Gasteiger partial charge in [-0.3, -0.25) is 10.1 Å². The van der Waals surface area contributed by atoms with E-state index in [1.807, 2.05) is 24.3 Å². The normalized spacial score (nSPS) is 14.9. The van der Waals surface area contributed by atoms with E-state index in [-0.39, 0.29) is 23.0 Å². The number of methoxy groups -OCH3 is 1. The summed E-state index contributed by atoms with van der Waals surface area (Å²) < 4.78 is 10.1. The van der Waals surface area contributed by atoms with Gasteiger partial charge in [0.25, 0.3) is 0 Å². The standard InChI is InChI=1S/C19H16N2O5/c1-3-12-4-6-13(7-5-12)10-15-19(22)26-18(20-15)14-8-9-17(25-2)16(11-14)21(23)24/h4-11H,3H2,1-2H3/b15-10-. The van der Waals surface area contributed by atoms with Crippen LogP contribution in [-0.2, 0) is 16.0 Å². The van der Waals surface area contributed by atoms with Crippen LogP contribution in [0.25, 0.3) is 6.08 Å². The first-order valence-electron chi connectivity index (χ1n) is 7.96. The van der Waals surface area contributed by atoms with E-state index < -0.39 is 10.9 Å². The lowest BCUT2D eigenvalue weighted by atomic mass is 10.1. The third-order valence-corrected chi connectivity index (χ3v) is 3.93. The molecule has 26 heavy (non-hydrogen) atoms. The Hall–Kier alpha value is -3.48. The van der Waals surface area contributed by atoms with E-state index in [9.17, 15) is 14.9 Å². The van der Waals surface area contributed by atoms with Crippen molar-refractivity contribution in [1.29, 1.82) is 0 Å². The molecule has 0 atom stereocenters. The molecule has 2 aromatic carbocycles. The lowest BCUT2D eigenvalue weighted by molar-refractivity contribution is -0.385. The number of hydrogen-bond acceptors (Lipinski definition) is 6. The molecule has 0 bridgehead atoms. The molecule has 2 aromatic rings. The molecule has 0 amide bonds. The van der Waals surface area contributed by atoms with Crippen molar-refractivity contribution in [3.8, 4) is 5.75 Å². The summed E-state index contributed by atoms with van der Waals surface area (Å²) in [7, 11) is 1.35. The molecule has 0 unspecified atom stereocenters. The van der Waals surface area contributed by atoms with Gasteiger partial charge >= 0.3 is 11.7 Å². The monoisotopic (exact) mass is 352 g/mol. The Labute approximate surface area is 149 Å². The molecule has 0 N–H and O–H groups in total. The second kappa shape index (κ2) is 7.18. The van der Waals surface area contributed by atoms with Gasteiger partial charge in [0, 0.05) is 11.6 Å². The lowest BCUT2D eigenvalue weighted by Gasteiger charge is -2.03. The fourth-order valence-corrected chi connectivity index (χ4v) is 2.51. The summed E-state index contributed by atoms with van der Waals surface area (Å²) in [6.07, 6.45) is 2.55. The Morgan fingerprint density at radius 2 is 1.96 bits per heavy atom. The van der Waals surface area contributed by atoms with E-state index in [1.54, 1.807) is 12.1 Å². The maximum absolute atomic E-state index is 12.1. The highest BCUT2D eigenvalue weighted by molar-refractivity contribution is 6.13. The zero-order chi connectivity index (χ0) is 18.7. The minimum Gasteiger partial charge on any atom is -0.490 e. The van der Waals surface area contributed by atoms with Gasteiger partial charge in [-0.05, 0) is 35.8 Å². The molecule has 1 aliphatic heterocycles. The molecular weight excluding hydrogens is 336 g/mol. The van der Waals surface area contributed by atoms with Gasteiger partial charge in [0.2, 0.25) is 5.90 Å². The first-order chi connectivity index (χ1) is 12.5. The van der Waals surface area contributed by atoms with Crippen molar-refractivity contribution in [3.05, 3.63) is 75.0 Å². The number of rotatable bonds is 5. The van der Waals surface area contributed by atoms with E-state index in [2.05, 4.69) is 11.9 Å². The molecular formula is C19H16N2O5. The summed E-state index contributed by atoms with van der Waals surface area (Å²) in [4.78, 5) is 26.8. The quantitative estimate of drug-likeness (QED) is 0.355. The highest BCUT2D eigenvalue weighted by Crippen LogP contribution is 2.29. The second-order valence-electron chi connectivity index (χ2n) is 5.57.